The van der Waals surface area contributed by atoms with Crippen LogP contribution in [-0.2, 0) is 11.2 Å². The Labute approximate surface area is 125 Å². The lowest BCUT2D eigenvalue weighted by Crippen LogP contribution is -2.42. The number of aromatic amines is 1. The van der Waals surface area contributed by atoms with E-state index in [4.69, 9.17) is 4.74 Å². The van der Waals surface area contributed by atoms with E-state index in [1.165, 1.54) is 0 Å². The molecule has 0 radical (unpaired) electrons. The number of H-pyrrole nitrogens is 1. The zero-order valence-corrected chi connectivity index (χ0v) is 13.2. The molecule has 6 heteroatoms. The molecule has 2 N–H and O–H groups in total. The molecule has 21 heavy (non-hydrogen) atoms. The summed E-state index contributed by atoms with van der Waals surface area (Å²) in [6.07, 6.45) is 3.10. The van der Waals surface area contributed by atoms with Crippen LogP contribution in [0, 0.1) is 0 Å². The quantitative estimate of drug-likeness (QED) is 0.876. The molecule has 0 saturated heterocycles. The Balaban J connectivity index is 1.71. The van der Waals surface area contributed by atoms with Crippen molar-refractivity contribution < 1.29 is 9.53 Å². The van der Waals surface area contributed by atoms with Gasteiger partial charge in [-0.3, -0.25) is 9.89 Å². The van der Waals surface area contributed by atoms with Gasteiger partial charge in [-0.05, 0) is 40.8 Å². The first-order chi connectivity index (χ1) is 9.93. The standard InChI is InChI=1S/C15H24N4O2/c1-9-7-11-12(10(2)21-9)17-18-13(11)14(20)16-8-15(5-6-15)19(3)4/h9-10H,5-8H2,1-4H3,(H,16,20)(H,17,18)/t9-,10+/m1/s1. The molecule has 2 aliphatic rings. The molecular formula is C15H24N4O2. The van der Waals surface area contributed by atoms with Crippen molar-refractivity contribution in [3.63, 3.8) is 0 Å². The van der Waals surface area contributed by atoms with Crippen LogP contribution >= 0.6 is 0 Å². The van der Waals surface area contributed by atoms with E-state index >= 15 is 0 Å². The average Bonchev–Trinajstić information content (AvgIpc) is 3.10. The van der Waals surface area contributed by atoms with Crippen molar-refractivity contribution in [3.8, 4) is 0 Å². The Hall–Kier alpha value is -1.40. The number of fused-ring (bicyclic) bond motifs is 1. The third-order valence-corrected chi connectivity index (χ3v) is 4.80. The molecule has 1 saturated carbocycles. The molecule has 1 aromatic rings. The number of rotatable bonds is 4. The lowest BCUT2D eigenvalue weighted by Gasteiger charge is -2.26. The molecule has 1 aliphatic carbocycles. The van der Waals surface area contributed by atoms with Gasteiger partial charge in [0.1, 0.15) is 0 Å². The van der Waals surface area contributed by atoms with Crippen LogP contribution in [0.3, 0.4) is 0 Å². The molecule has 0 unspecified atom stereocenters. The van der Waals surface area contributed by atoms with Crippen molar-refractivity contribution in [2.75, 3.05) is 20.6 Å². The number of nitrogens with zero attached hydrogens (tertiary/aromatic N) is 2. The molecule has 3 rings (SSSR count). The topological polar surface area (TPSA) is 70.2 Å². The zero-order valence-electron chi connectivity index (χ0n) is 13.2. The van der Waals surface area contributed by atoms with E-state index < -0.39 is 0 Å². The first kappa shape index (κ1) is 14.5. The maximum absolute atomic E-state index is 12.4. The SMILES string of the molecule is C[C@@H]1Cc2c(C(=O)NCC3(N(C)C)CC3)n[nH]c2[C@H](C)O1. The number of hydrogen-bond acceptors (Lipinski definition) is 4. The monoisotopic (exact) mass is 292 g/mol. The van der Waals surface area contributed by atoms with Crippen molar-refractivity contribution in [2.24, 2.45) is 0 Å². The van der Waals surface area contributed by atoms with Crippen LogP contribution in [0.25, 0.3) is 0 Å². The molecule has 1 amide bonds. The van der Waals surface area contributed by atoms with Crippen LogP contribution < -0.4 is 5.32 Å². The van der Waals surface area contributed by atoms with Crippen LogP contribution in [0.15, 0.2) is 0 Å². The van der Waals surface area contributed by atoms with Gasteiger partial charge in [0.15, 0.2) is 5.69 Å². The largest absolute Gasteiger partial charge is 0.369 e. The Morgan fingerprint density at radius 3 is 2.81 bits per heavy atom. The fourth-order valence-corrected chi connectivity index (χ4v) is 3.12. The lowest BCUT2D eigenvalue weighted by atomic mass is 9.99. The summed E-state index contributed by atoms with van der Waals surface area (Å²) in [5, 5.41) is 10.2. The number of aromatic nitrogens is 2. The highest BCUT2D eigenvalue weighted by molar-refractivity contribution is 5.94. The number of likely N-dealkylation sites (N-methyl/N-ethyl adjacent to an activating group) is 1. The van der Waals surface area contributed by atoms with E-state index in [9.17, 15) is 4.79 Å². The first-order valence-corrected chi connectivity index (χ1v) is 7.61. The second-order valence-electron chi connectivity index (χ2n) is 6.56. The lowest BCUT2D eigenvalue weighted by molar-refractivity contribution is -0.00697. The number of carbonyl (C=O) groups excluding carboxylic acids is 1. The van der Waals surface area contributed by atoms with Gasteiger partial charge in [0.2, 0.25) is 0 Å². The highest BCUT2D eigenvalue weighted by Gasteiger charge is 2.45. The summed E-state index contributed by atoms with van der Waals surface area (Å²) in [7, 11) is 4.13. The van der Waals surface area contributed by atoms with Gasteiger partial charge >= 0.3 is 0 Å². The van der Waals surface area contributed by atoms with Crippen LogP contribution in [0.4, 0.5) is 0 Å². The zero-order chi connectivity index (χ0) is 15.2. The summed E-state index contributed by atoms with van der Waals surface area (Å²) in [6.45, 7) is 4.70. The highest BCUT2D eigenvalue weighted by atomic mass is 16.5. The molecule has 6 nitrogen and oxygen atoms in total. The van der Waals surface area contributed by atoms with Gasteiger partial charge in [-0.15, -0.1) is 0 Å². The van der Waals surface area contributed by atoms with Crippen LogP contribution in [0.5, 0.6) is 0 Å². The fraction of sp³-hybridized carbons (Fsp3) is 0.733. The van der Waals surface area contributed by atoms with Crippen molar-refractivity contribution >= 4 is 5.91 Å². The molecule has 2 heterocycles. The summed E-state index contributed by atoms with van der Waals surface area (Å²) >= 11 is 0. The van der Waals surface area contributed by atoms with Gasteiger partial charge < -0.3 is 15.0 Å². The van der Waals surface area contributed by atoms with Gasteiger partial charge in [-0.25, -0.2) is 0 Å². The minimum Gasteiger partial charge on any atom is -0.369 e. The number of carbonyl (C=O) groups is 1. The Morgan fingerprint density at radius 2 is 2.19 bits per heavy atom. The average molecular weight is 292 g/mol. The molecule has 116 valence electrons. The summed E-state index contributed by atoms with van der Waals surface area (Å²) in [5.74, 6) is -0.0816. The highest BCUT2D eigenvalue weighted by Crippen LogP contribution is 2.39. The van der Waals surface area contributed by atoms with E-state index in [-0.39, 0.29) is 23.7 Å². The summed E-state index contributed by atoms with van der Waals surface area (Å²) in [4.78, 5) is 14.6. The molecule has 2 atom stereocenters. The van der Waals surface area contributed by atoms with Gasteiger partial charge in [-0.2, -0.15) is 5.10 Å². The molecule has 0 spiro atoms. The molecule has 1 fully saturated rings. The first-order valence-electron chi connectivity index (χ1n) is 7.61. The third-order valence-electron chi connectivity index (χ3n) is 4.80. The molecular weight excluding hydrogens is 268 g/mol. The van der Waals surface area contributed by atoms with Gasteiger partial charge in [0, 0.05) is 24.1 Å². The second kappa shape index (κ2) is 5.10. The smallest absolute Gasteiger partial charge is 0.272 e. The van der Waals surface area contributed by atoms with Crippen molar-refractivity contribution in [1.82, 2.24) is 20.4 Å². The fourth-order valence-electron chi connectivity index (χ4n) is 3.12. The Morgan fingerprint density at radius 1 is 1.48 bits per heavy atom. The number of ether oxygens (including phenoxy) is 1. The van der Waals surface area contributed by atoms with Crippen molar-refractivity contribution in [3.05, 3.63) is 17.0 Å². The number of amides is 1. The van der Waals surface area contributed by atoms with E-state index in [0.29, 0.717) is 12.2 Å². The number of nitrogens with one attached hydrogen (secondary N) is 2. The minimum atomic E-state index is -0.0816. The van der Waals surface area contributed by atoms with Crippen molar-refractivity contribution in [2.45, 2.75) is 50.9 Å². The predicted molar refractivity (Wildman–Crippen MR) is 79.2 cm³/mol. The molecule has 1 aromatic heterocycles. The molecule has 0 bridgehead atoms. The van der Waals surface area contributed by atoms with Crippen LogP contribution in [-0.4, -0.2) is 53.3 Å². The Kier molecular flexibility index (Phi) is 3.53. The second-order valence-corrected chi connectivity index (χ2v) is 6.56. The summed E-state index contributed by atoms with van der Waals surface area (Å²) in [6, 6.07) is 0. The normalized spacial score (nSPS) is 26.5. The summed E-state index contributed by atoms with van der Waals surface area (Å²) in [5.41, 5.74) is 2.62. The van der Waals surface area contributed by atoms with E-state index in [1.807, 2.05) is 13.8 Å². The van der Waals surface area contributed by atoms with Crippen molar-refractivity contribution in [1.29, 1.82) is 0 Å². The van der Waals surface area contributed by atoms with E-state index in [2.05, 4.69) is 34.5 Å². The Bertz CT molecular complexity index is 548. The predicted octanol–water partition coefficient (Wildman–Crippen LogP) is 1.26. The molecule has 0 aromatic carbocycles. The van der Waals surface area contributed by atoms with E-state index in [0.717, 1.165) is 30.5 Å². The third kappa shape index (κ3) is 2.58. The van der Waals surface area contributed by atoms with E-state index in [1.54, 1.807) is 0 Å². The van der Waals surface area contributed by atoms with Crippen LogP contribution in [0.1, 0.15) is 54.5 Å². The molecule has 1 aliphatic heterocycles. The maximum atomic E-state index is 12.4. The maximum Gasteiger partial charge on any atom is 0.272 e. The van der Waals surface area contributed by atoms with Crippen LogP contribution in [0.2, 0.25) is 0 Å². The summed E-state index contributed by atoms with van der Waals surface area (Å²) < 4.78 is 5.75. The number of hydrogen-bond donors (Lipinski definition) is 2. The minimum absolute atomic E-state index is 0.0330. The van der Waals surface area contributed by atoms with Gasteiger partial charge in [0.25, 0.3) is 5.91 Å². The van der Waals surface area contributed by atoms with Gasteiger partial charge in [-0.1, -0.05) is 0 Å². The van der Waals surface area contributed by atoms with Gasteiger partial charge in [0.05, 0.1) is 17.9 Å².